The van der Waals surface area contributed by atoms with Crippen molar-refractivity contribution in [2.24, 2.45) is 5.73 Å². The second kappa shape index (κ2) is 22.0. The van der Waals surface area contributed by atoms with Gasteiger partial charge in [0, 0.05) is 73.4 Å². The molecule has 3 saturated heterocycles. The average molecular weight is 986 g/mol. The number of hydrogen-bond donors (Lipinski definition) is 3. The molecule has 69 heavy (non-hydrogen) atoms. The Kier molecular flexibility index (Phi) is 15.9. The number of benzene rings is 3. The van der Waals surface area contributed by atoms with Crippen molar-refractivity contribution in [1.29, 1.82) is 0 Å². The van der Waals surface area contributed by atoms with E-state index in [0.29, 0.717) is 77.0 Å². The molecule has 0 spiro atoms. The van der Waals surface area contributed by atoms with Gasteiger partial charge in [0.05, 0.1) is 62.1 Å². The van der Waals surface area contributed by atoms with Crippen LogP contribution >= 0.6 is 12.2 Å². The van der Waals surface area contributed by atoms with Crippen molar-refractivity contribution in [3.8, 4) is 16.9 Å². The smallest absolute Gasteiger partial charge is 0.266 e. The number of sulfonamides is 1. The number of nitrogens with one attached hydrogen (secondary N) is 2. The van der Waals surface area contributed by atoms with E-state index in [4.69, 9.17) is 36.9 Å². The summed E-state index contributed by atoms with van der Waals surface area (Å²) in [6.45, 7) is 8.24. The Hall–Kier alpha value is -5.61. The topological polar surface area (TPSA) is 221 Å². The summed E-state index contributed by atoms with van der Waals surface area (Å²) in [6, 6.07) is 17.6. The molecule has 0 aliphatic carbocycles. The van der Waals surface area contributed by atoms with Crippen molar-refractivity contribution < 1.29 is 51.3 Å². The van der Waals surface area contributed by atoms with Crippen molar-refractivity contribution in [2.75, 3.05) is 72.4 Å². The van der Waals surface area contributed by atoms with Crippen LogP contribution in [0.2, 0.25) is 0 Å². The van der Waals surface area contributed by atoms with Crippen LogP contribution in [0.4, 0.5) is 0 Å². The van der Waals surface area contributed by atoms with Crippen molar-refractivity contribution in [3.63, 3.8) is 0 Å². The molecule has 5 amide bonds. The first-order valence-corrected chi connectivity index (χ1v) is 25.4. The van der Waals surface area contributed by atoms with Gasteiger partial charge in [-0.3, -0.25) is 39.1 Å². The van der Waals surface area contributed by atoms with Gasteiger partial charge in [0.15, 0.2) is 0 Å². The van der Waals surface area contributed by atoms with Crippen LogP contribution in [0.25, 0.3) is 22.0 Å². The molecule has 20 heteroatoms. The van der Waals surface area contributed by atoms with Crippen LogP contribution in [-0.2, 0) is 45.2 Å². The van der Waals surface area contributed by atoms with E-state index in [2.05, 4.69) is 38.4 Å². The first-order chi connectivity index (χ1) is 33.2. The Morgan fingerprint density at radius 1 is 0.841 bits per heavy atom. The Bertz CT molecular complexity index is 2720. The average Bonchev–Trinajstić information content (AvgIpc) is 3.83. The van der Waals surface area contributed by atoms with Gasteiger partial charge in [0.2, 0.25) is 27.7 Å². The number of ether oxygens (including phenoxy) is 4. The van der Waals surface area contributed by atoms with Gasteiger partial charge in [0.1, 0.15) is 23.4 Å². The van der Waals surface area contributed by atoms with Gasteiger partial charge in [0.25, 0.3) is 11.8 Å². The molecule has 0 radical (unpaired) electrons. The zero-order chi connectivity index (χ0) is 48.8. The second-order valence-corrected chi connectivity index (χ2v) is 20.8. The van der Waals surface area contributed by atoms with E-state index in [1.165, 1.54) is 6.07 Å². The van der Waals surface area contributed by atoms with E-state index in [1.54, 1.807) is 30.3 Å². The summed E-state index contributed by atoms with van der Waals surface area (Å²) < 4.78 is 52.6. The molecule has 368 valence electrons. The van der Waals surface area contributed by atoms with Crippen LogP contribution in [-0.4, -0.2) is 151 Å². The molecule has 0 bridgehead atoms. The van der Waals surface area contributed by atoms with Crippen molar-refractivity contribution in [1.82, 2.24) is 29.3 Å². The van der Waals surface area contributed by atoms with Crippen molar-refractivity contribution in [3.05, 3.63) is 89.1 Å². The Morgan fingerprint density at radius 3 is 2.23 bits per heavy atom. The fourth-order valence-electron chi connectivity index (χ4n) is 9.30. The number of likely N-dealkylation sites (tertiary alicyclic amines) is 1. The largest absolute Gasteiger partial charge is 0.490 e. The minimum absolute atomic E-state index is 0.0350. The Labute approximate surface area is 406 Å². The minimum Gasteiger partial charge on any atom is -0.490 e. The zero-order valence-electron chi connectivity index (χ0n) is 38.9. The molecular weight excluding hydrogens is 927 g/mol. The number of piperidine rings is 2. The third-order valence-corrected chi connectivity index (χ3v) is 15.7. The van der Waals surface area contributed by atoms with Gasteiger partial charge < -0.3 is 34.6 Å². The molecule has 2 atom stereocenters. The molecule has 8 rings (SSSR count). The summed E-state index contributed by atoms with van der Waals surface area (Å²) in [5.41, 5.74) is 11.0. The normalized spacial score (nSPS) is 19.3. The van der Waals surface area contributed by atoms with Crippen molar-refractivity contribution >= 4 is 67.7 Å². The number of thiocarbonyl (C=S) groups is 1. The molecule has 18 nitrogen and oxygen atoms in total. The zero-order valence-corrected chi connectivity index (χ0v) is 40.5. The lowest BCUT2D eigenvalue weighted by Crippen LogP contribution is -2.56. The third kappa shape index (κ3) is 11.1. The number of imide groups is 2. The number of hydrogen-bond acceptors (Lipinski definition) is 13. The quantitative estimate of drug-likeness (QED) is 0.0583. The number of fused-ring (bicyclic) bond motifs is 2. The van der Waals surface area contributed by atoms with E-state index in [1.807, 2.05) is 30.3 Å². The van der Waals surface area contributed by atoms with Crippen molar-refractivity contribution in [2.45, 2.75) is 75.9 Å². The van der Waals surface area contributed by atoms with Crippen LogP contribution in [0.1, 0.15) is 83.8 Å². The molecule has 4 aromatic rings. The van der Waals surface area contributed by atoms with Crippen LogP contribution in [0.5, 0.6) is 5.75 Å². The lowest BCUT2D eigenvalue weighted by Gasteiger charge is -2.39. The summed E-state index contributed by atoms with van der Waals surface area (Å²) in [4.78, 5) is 67.0. The lowest BCUT2D eigenvalue weighted by atomic mass is 10.0. The summed E-state index contributed by atoms with van der Waals surface area (Å²) in [7, 11) is -3.34. The number of nitrogens with two attached hydrogens (primary N) is 1. The maximum absolute atomic E-state index is 13.4. The van der Waals surface area contributed by atoms with E-state index in [9.17, 15) is 32.4 Å². The highest BCUT2D eigenvalue weighted by atomic mass is 32.2. The molecule has 4 N–H and O–H groups in total. The molecule has 5 heterocycles. The molecule has 3 aromatic carbocycles. The van der Waals surface area contributed by atoms with Crippen LogP contribution in [0.15, 0.2) is 66.9 Å². The summed E-state index contributed by atoms with van der Waals surface area (Å²) in [5, 5.41) is 5.91. The summed E-state index contributed by atoms with van der Waals surface area (Å²) in [5.74, 6) is -2.17. The molecule has 4 aliphatic rings. The predicted octanol–water partition coefficient (Wildman–Crippen LogP) is 3.54. The maximum atomic E-state index is 13.4. The Morgan fingerprint density at radius 2 is 1.55 bits per heavy atom. The number of carbonyl (C=O) groups excluding carboxylic acids is 5. The van der Waals surface area contributed by atoms with E-state index in [0.717, 1.165) is 51.0 Å². The molecule has 0 saturated carbocycles. The standard InChI is InChI=1S/C49H59N7O11S2/c1-31(2)69(62,63)54-17-13-35(14-18-54)55-30-38(33-5-3-6-34(28-33)45(50)68)36-10-9-32(27-41(36)55)29-51-46(58)39-15-16-53(39)19-20-64-21-22-65-23-24-66-25-26-67-42-8-4-7-37-44(42)49(61)56(48(37)60)40-11-12-43(57)52-47(40)59/h3-10,27-28,30-31,35,39-40H,11-26,29H2,1-2H3,(H2,50,68)(H,51,58)(H,52,57,59). The van der Waals surface area contributed by atoms with Crippen LogP contribution in [0, 0.1) is 0 Å². The first kappa shape index (κ1) is 49.8. The van der Waals surface area contributed by atoms with E-state index in [-0.39, 0.29) is 60.9 Å². The van der Waals surface area contributed by atoms with Gasteiger partial charge in [-0.25, -0.2) is 12.7 Å². The molecular formula is C49H59N7O11S2. The first-order valence-electron chi connectivity index (χ1n) is 23.5. The predicted molar refractivity (Wildman–Crippen MR) is 260 cm³/mol. The fraction of sp³-hybridized carbons (Fsp3) is 0.469. The fourth-order valence-corrected chi connectivity index (χ4v) is 10.7. The van der Waals surface area contributed by atoms with Gasteiger partial charge in [-0.05, 0) is 74.9 Å². The number of aromatic nitrogens is 1. The van der Waals surface area contributed by atoms with Gasteiger partial charge in [-0.15, -0.1) is 0 Å². The maximum Gasteiger partial charge on any atom is 0.266 e. The van der Waals surface area contributed by atoms with Crippen LogP contribution in [0.3, 0.4) is 0 Å². The highest BCUT2D eigenvalue weighted by molar-refractivity contribution is 7.89. The second-order valence-electron chi connectivity index (χ2n) is 17.8. The number of nitrogens with zero attached hydrogens (tertiary/aromatic N) is 4. The van der Waals surface area contributed by atoms with Gasteiger partial charge in [-0.1, -0.05) is 48.6 Å². The summed E-state index contributed by atoms with van der Waals surface area (Å²) in [6.07, 6.45) is 4.37. The number of amides is 5. The highest BCUT2D eigenvalue weighted by Crippen LogP contribution is 2.38. The van der Waals surface area contributed by atoms with Gasteiger partial charge >= 0.3 is 0 Å². The summed E-state index contributed by atoms with van der Waals surface area (Å²) >= 11 is 5.28. The minimum atomic E-state index is -3.34. The Balaban J connectivity index is 0.740. The third-order valence-electron chi connectivity index (χ3n) is 13.2. The number of rotatable bonds is 22. The van der Waals surface area contributed by atoms with E-state index < -0.39 is 44.9 Å². The molecule has 3 fully saturated rings. The SMILES string of the molecule is CC(C)S(=O)(=O)N1CCC(n2cc(-c3cccc(C(N)=S)c3)c3ccc(CNC(=O)C4CCN4CCOCCOCCOCCOc4cccc5c4C(=O)N(C4CCC(=O)NC4=O)C5=O)cc32)CC1. The lowest BCUT2D eigenvalue weighted by molar-refractivity contribution is -0.136. The van der Waals surface area contributed by atoms with E-state index >= 15 is 0 Å². The van der Waals surface area contributed by atoms with Gasteiger partial charge in [-0.2, -0.15) is 0 Å². The molecule has 2 unspecified atom stereocenters. The molecule has 4 aliphatic heterocycles. The van der Waals surface area contributed by atoms with Crippen LogP contribution < -0.4 is 21.1 Å². The monoisotopic (exact) mass is 985 g/mol. The highest BCUT2D eigenvalue weighted by Gasteiger charge is 2.46. The number of carbonyl (C=O) groups is 5. The molecule has 1 aromatic heterocycles.